The third-order valence-corrected chi connectivity index (χ3v) is 2.51. The standard InChI is InChI=1S/C14H24N4O/c1-7-11-8-12(17-10(3)16-11)15-9(2)13(19)18-14(4,5)6/h8-9H,7H2,1-6H3,(H,18,19)(H,15,16,17). The Hall–Kier alpha value is -1.65. The molecule has 0 bridgehead atoms. The van der Waals surface area contributed by atoms with E-state index in [1.54, 1.807) is 0 Å². The maximum absolute atomic E-state index is 12.0. The maximum Gasteiger partial charge on any atom is 0.242 e. The second kappa shape index (κ2) is 5.99. The first-order valence-corrected chi connectivity index (χ1v) is 6.64. The molecule has 106 valence electrons. The van der Waals surface area contributed by atoms with Crippen molar-refractivity contribution < 1.29 is 4.79 Å². The van der Waals surface area contributed by atoms with Crippen LogP contribution in [-0.2, 0) is 11.2 Å². The highest BCUT2D eigenvalue weighted by Crippen LogP contribution is 2.09. The van der Waals surface area contributed by atoms with E-state index in [2.05, 4.69) is 20.6 Å². The molecule has 1 aromatic heterocycles. The lowest BCUT2D eigenvalue weighted by molar-refractivity contribution is -0.122. The van der Waals surface area contributed by atoms with Gasteiger partial charge >= 0.3 is 0 Å². The molecule has 1 amide bonds. The van der Waals surface area contributed by atoms with Gasteiger partial charge in [-0.1, -0.05) is 6.92 Å². The molecule has 0 aliphatic rings. The van der Waals surface area contributed by atoms with Crippen LogP contribution in [0.3, 0.4) is 0 Å². The van der Waals surface area contributed by atoms with Gasteiger partial charge in [0, 0.05) is 17.3 Å². The van der Waals surface area contributed by atoms with Crippen molar-refractivity contribution in [2.75, 3.05) is 5.32 Å². The van der Waals surface area contributed by atoms with Crippen LogP contribution in [0, 0.1) is 6.92 Å². The summed E-state index contributed by atoms with van der Waals surface area (Å²) in [6.07, 6.45) is 0.848. The van der Waals surface area contributed by atoms with Crippen molar-refractivity contribution >= 4 is 11.7 Å². The number of hydrogen-bond acceptors (Lipinski definition) is 4. The van der Waals surface area contributed by atoms with Gasteiger partial charge < -0.3 is 10.6 Å². The Morgan fingerprint density at radius 2 is 2.00 bits per heavy atom. The average molecular weight is 264 g/mol. The van der Waals surface area contributed by atoms with Crippen molar-refractivity contribution in [1.82, 2.24) is 15.3 Å². The van der Waals surface area contributed by atoms with Gasteiger partial charge in [0.2, 0.25) is 5.91 Å². The third kappa shape index (κ3) is 5.24. The van der Waals surface area contributed by atoms with Crippen molar-refractivity contribution in [1.29, 1.82) is 0 Å². The fourth-order valence-electron chi connectivity index (χ4n) is 1.65. The summed E-state index contributed by atoms with van der Waals surface area (Å²) in [6, 6.07) is 1.55. The molecule has 5 heteroatoms. The molecule has 19 heavy (non-hydrogen) atoms. The molecule has 1 unspecified atom stereocenters. The number of carbonyl (C=O) groups excluding carboxylic acids is 1. The number of hydrogen-bond donors (Lipinski definition) is 2. The van der Waals surface area contributed by atoms with E-state index in [-0.39, 0.29) is 17.5 Å². The number of aromatic nitrogens is 2. The van der Waals surface area contributed by atoms with Crippen LogP contribution in [-0.4, -0.2) is 27.5 Å². The first-order chi connectivity index (χ1) is 8.71. The highest BCUT2D eigenvalue weighted by atomic mass is 16.2. The van der Waals surface area contributed by atoms with Crippen LogP contribution in [0.4, 0.5) is 5.82 Å². The first-order valence-electron chi connectivity index (χ1n) is 6.64. The molecule has 0 saturated heterocycles. The maximum atomic E-state index is 12.0. The first kappa shape index (κ1) is 15.4. The molecule has 2 N–H and O–H groups in total. The normalized spacial score (nSPS) is 12.9. The van der Waals surface area contributed by atoms with Crippen molar-refractivity contribution in [2.45, 2.75) is 59.5 Å². The number of rotatable bonds is 4. The average Bonchev–Trinajstić information content (AvgIpc) is 2.25. The Morgan fingerprint density at radius 3 is 2.53 bits per heavy atom. The topological polar surface area (TPSA) is 66.9 Å². The summed E-state index contributed by atoms with van der Waals surface area (Å²) in [5, 5.41) is 6.05. The molecule has 0 radical (unpaired) electrons. The molecular weight excluding hydrogens is 240 g/mol. The molecule has 0 aromatic carbocycles. The van der Waals surface area contributed by atoms with E-state index in [4.69, 9.17) is 0 Å². The zero-order valence-electron chi connectivity index (χ0n) is 12.7. The van der Waals surface area contributed by atoms with Crippen LogP contribution in [0.2, 0.25) is 0 Å². The number of nitrogens with zero attached hydrogens (tertiary/aromatic N) is 2. The second-order valence-electron chi connectivity index (χ2n) is 5.75. The monoisotopic (exact) mass is 264 g/mol. The fourth-order valence-corrected chi connectivity index (χ4v) is 1.65. The van der Waals surface area contributed by atoms with E-state index < -0.39 is 0 Å². The molecule has 0 aliphatic carbocycles. The van der Waals surface area contributed by atoms with E-state index in [1.165, 1.54) is 0 Å². The smallest absolute Gasteiger partial charge is 0.242 e. The summed E-state index contributed by atoms with van der Waals surface area (Å²) in [4.78, 5) is 20.6. The number of aryl methyl sites for hydroxylation is 2. The van der Waals surface area contributed by atoms with Gasteiger partial charge in [-0.05, 0) is 41.0 Å². The van der Waals surface area contributed by atoms with Crippen LogP contribution in [0.1, 0.15) is 46.1 Å². The lowest BCUT2D eigenvalue weighted by Crippen LogP contribution is -2.47. The van der Waals surface area contributed by atoms with E-state index >= 15 is 0 Å². The summed E-state index contributed by atoms with van der Waals surface area (Å²) in [5.74, 6) is 1.37. The molecule has 1 rings (SSSR count). The van der Waals surface area contributed by atoms with Crippen molar-refractivity contribution in [2.24, 2.45) is 0 Å². The molecule has 0 spiro atoms. The quantitative estimate of drug-likeness (QED) is 0.873. The van der Waals surface area contributed by atoms with Gasteiger partial charge in [0.25, 0.3) is 0 Å². The summed E-state index contributed by atoms with van der Waals surface area (Å²) in [7, 11) is 0. The van der Waals surface area contributed by atoms with Gasteiger partial charge in [0.15, 0.2) is 0 Å². The van der Waals surface area contributed by atoms with Crippen LogP contribution in [0.15, 0.2) is 6.07 Å². The van der Waals surface area contributed by atoms with Crippen LogP contribution in [0.5, 0.6) is 0 Å². The zero-order valence-corrected chi connectivity index (χ0v) is 12.7. The zero-order chi connectivity index (χ0) is 14.6. The minimum absolute atomic E-state index is 0.0400. The Kier molecular flexibility index (Phi) is 4.86. The Bertz CT molecular complexity index is 451. The lowest BCUT2D eigenvalue weighted by Gasteiger charge is -2.24. The van der Waals surface area contributed by atoms with E-state index in [0.29, 0.717) is 11.6 Å². The lowest BCUT2D eigenvalue weighted by atomic mass is 10.1. The molecule has 0 aliphatic heterocycles. The van der Waals surface area contributed by atoms with Crippen LogP contribution < -0.4 is 10.6 Å². The van der Waals surface area contributed by atoms with Crippen molar-refractivity contribution in [3.8, 4) is 0 Å². The van der Waals surface area contributed by atoms with Crippen molar-refractivity contribution in [3.63, 3.8) is 0 Å². The minimum atomic E-state index is -0.335. The second-order valence-corrected chi connectivity index (χ2v) is 5.75. The van der Waals surface area contributed by atoms with E-state index in [0.717, 1.165) is 12.1 Å². The van der Waals surface area contributed by atoms with Crippen LogP contribution >= 0.6 is 0 Å². The Balaban J connectivity index is 2.74. The summed E-state index contributed by atoms with van der Waals surface area (Å²) >= 11 is 0. The van der Waals surface area contributed by atoms with Gasteiger partial charge in [-0.25, -0.2) is 9.97 Å². The molecule has 5 nitrogen and oxygen atoms in total. The predicted molar refractivity (Wildman–Crippen MR) is 77.1 cm³/mol. The molecule has 1 aromatic rings. The highest BCUT2D eigenvalue weighted by Gasteiger charge is 2.19. The third-order valence-electron chi connectivity index (χ3n) is 2.51. The number of anilines is 1. The van der Waals surface area contributed by atoms with Crippen LogP contribution in [0.25, 0.3) is 0 Å². The SMILES string of the molecule is CCc1cc(NC(C)C(=O)NC(C)(C)C)nc(C)n1. The molecule has 1 heterocycles. The van der Waals surface area contributed by atoms with Gasteiger partial charge in [0.05, 0.1) is 0 Å². The molecule has 0 fully saturated rings. The fraction of sp³-hybridized carbons (Fsp3) is 0.643. The predicted octanol–water partition coefficient (Wildman–Crippen LogP) is 2.06. The summed E-state index contributed by atoms with van der Waals surface area (Å²) in [6.45, 7) is 11.6. The molecular formula is C14H24N4O. The van der Waals surface area contributed by atoms with E-state index in [9.17, 15) is 4.79 Å². The molecule has 0 saturated carbocycles. The van der Waals surface area contributed by atoms with Gasteiger partial charge in [-0.3, -0.25) is 4.79 Å². The van der Waals surface area contributed by atoms with Gasteiger partial charge in [-0.2, -0.15) is 0 Å². The van der Waals surface area contributed by atoms with Crippen molar-refractivity contribution in [3.05, 3.63) is 17.6 Å². The van der Waals surface area contributed by atoms with Gasteiger partial charge in [0.1, 0.15) is 17.7 Å². The number of amides is 1. The van der Waals surface area contributed by atoms with Gasteiger partial charge in [-0.15, -0.1) is 0 Å². The molecule has 1 atom stereocenters. The Labute approximate surface area is 115 Å². The van der Waals surface area contributed by atoms with E-state index in [1.807, 2.05) is 47.6 Å². The Morgan fingerprint density at radius 1 is 1.37 bits per heavy atom. The largest absolute Gasteiger partial charge is 0.359 e. The summed E-state index contributed by atoms with van der Waals surface area (Å²) in [5.41, 5.74) is 0.738. The summed E-state index contributed by atoms with van der Waals surface area (Å²) < 4.78 is 0. The number of carbonyl (C=O) groups is 1. The highest BCUT2D eigenvalue weighted by molar-refractivity contribution is 5.84. The minimum Gasteiger partial charge on any atom is -0.359 e. The number of nitrogens with one attached hydrogen (secondary N) is 2.